The van der Waals surface area contributed by atoms with Crippen molar-refractivity contribution in [2.45, 2.75) is 12.3 Å². The van der Waals surface area contributed by atoms with Gasteiger partial charge in [-0.3, -0.25) is 9.78 Å². The van der Waals surface area contributed by atoms with Gasteiger partial charge < -0.3 is 16.0 Å². The van der Waals surface area contributed by atoms with Crippen molar-refractivity contribution in [3.63, 3.8) is 0 Å². The van der Waals surface area contributed by atoms with Gasteiger partial charge in [0.25, 0.3) is 0 Å². The summed E-state index contributed by atoms with van der Waals surface area (Å²) in [6.07, 6.45) is 5.75. The van der Waals surface area contributed by atoms with Crippen LogP contribution in [-0.4, -0.2) is 29.4 Å². The van der Waals surface area contributed by atoms with Crippen LogP contribution >= 0.6 is 0 Å². The van der Waals surface area contributed by atoms with E-state index >= 15 is 0 Å². The maximum atomic E-state index is 12.9. The number of nitrogens with zero attached hydrogens (tertiary/aromatic N) is 1. The van der Waals surface area contributed by atoms with E-state index in [4.69, 9.17) is 5.73 Å². The van der Waals surface area contributed by atoms with Gasteiger partial charge in [-0.2, -0.15) is 0 Å². The Morgan fingerprint density at radius 3 is 2.93 bits per heavy atom. The minimum Gasteiger partial charge on any atom is -0.429 e. The number of carbonyl (C=O) groups excluding carboxylic acids is 1. The van der Waals surface area contributed by atoms with E-state index in [0.717, 1.165) is 33.2 Å². The largest absolute Gasteiger partial charge is 0.438 e. The lowest BCUT2D eigenvalue weighted by Gasteiger charge is -2.20. The van der Waals surface area contributed by atoms with E-state index in [-0.39, 0.29) is 18.2 Å². The lowest BCUT2D eigenvalue weighted by molar-refractivity contribution is -0.119. The first kappa shape index (κ1) is 17.5. The molecule has 4 N–H and O–H groups in total. The van der Waals surface area contributed by atoms with Crippen molar-refractivity contribution < 1.29 is 9.82 Å². The first-order valence-corrected chi connectivity index (χ1v) is 8.96. The van der Waals surface area contributed by atoms with Crippen LogP contribution in [0.4, 0.5) is 5.69 Å². The highest BCUT2D eigenvalue weighted by Gasteiger charge is 2.22. The maximum absolute atomic E-state index is 12.9. The highest BCUT2D eigenvalue weighted by molar-refractivity contribution is 6.61. The molecule has 4 rings (SSSR count). The number of Topliss-reactive ketones (excluding diaryl/α,β-unsaturated/α-hetero) is 1. The highest BCUT2D eigenvalue weighted by atomic mass is 16.2. The average molecular weight is 357 g/mol. The second kappa shape index (κ2) is 7.35. The fourth-order valence-corrected chi connectivity index (χ4v) is 3.48. The van der Waals surface area contributed by atoms with Crippen LogP contribution in [0.15, 0.2) is 60.8 Å². The van der Waals surface area contributed by atoms with E-state index in [9.17, 15) is 9.82 Å². The van der Waals surface area contributed by atoms with Gasteiger partial charge in [0.05, 0.1) is 5.92 Å². The average Bonchev–Trinajstić information content (AvgIpc) is 2.68. The quantitative estimate of drug-likeness (QED) is 0.611. The Morgan fingerprint density at radius 1 is 1.19 bits per heavy atom. The molecule has 0 bridgehead atoms. The van der Waals surface area contributed by atoms with Gasteiger partial charge in [0.1, 0.15) is 5.78 Å². The Kier molecular flexibility index (Phi) is 4.75. The Morgan fingerprint density at radius 2 is 2.07 bits per heavy atom. The number of carbonyl (C=O) groups is 1. The van der Waals surface area contributed by atoms with Crippen LogP contribution < -0.4 is 11.0 Å². The number of rotatable bonds is 5. The normalized spacial score (nSPS) is 13.9. The zero-order chi connectivity index (χ0) is 18.8. The summed E-state index contributed by atoms with van der Waals surface area (Å²) in [5, 5.41) is 14.9. The molecule has 0 fully saturated rings. The first-order valence-electron chi connectivity index (χ1n) is 8.96. The molecule has 1 atom stereocenters. The van der Waals surface area contributed by atoms with Crippen LogP contribution in [0.25, 0.3) is 16.8 Å². The van der Waals surface area contributed by atoms with Crippen molar-refractivity contribution in [2.24, 2.45) is 5.73 Å². The molecule has 6 heteroatoms. The molecule has 2 aromatic carbocycles. The predicted molar refractivity (Wildman–Crippen MR) is 109 cm³/mol. The molecule has 1 aliphatic rings. The fraction of sp³-hybridized carbons (Fsp3) is 0.143. The van der Waals surface area contributed by atoms with Crippen LogP contribution in [0.3, 0.4) is 0 Å². The third kappa shape index (κ3) is 3.63. The van der Waals surface area contributed by atoms with Gasteiger partial charge in [-0.05, 0) is 34.2 Å². The second-order valence-electron chi connectivity index (χ2n) is 6.78. The van der Waals surface area contributed by atoms with E-state index in [2.05, 4.69) is 10.2 Å². The van der Waals surface area contributed by atoms with E-state index in [1.165, 1.54) is 0 Å². The van der Waals surface area contributed by atoms with E-state index < -0.39 is 7.05 Å². The number of pyridine rings is 1. The smallest absolute Gasteiger partial charge is 0.429 e. The molecule has 0 saturated heterocycles. The molecular formula is C21H20BN3O2. The van der Waals surface area contributed by atoms with E-state index in [1.807, 2.05) is 54.7 Å². The summed E-state index contributed by atoms with van der Waals surface area (Å²) in [6.45, 7) is 0.244. The number of nitrogens with one attached hydrogen (secondary N) is 1. The lowest BCUT2D eigenvalue weighted by Crippen LogP contribution is -2.26. The molecule has 5 nitrogen and oxygen atoms in total. The molecule has 1 unspecified atom stereocenters. The third-order valence-corrected chi connectivity index (χ3v) is 4.95. The number of fused-ring (bicyclic) bond motifs is 2. The molecule has 2 heterocycles. The van der Waals surface area contributed by atoms with Gasteiger partial charge in [-0.1, -0.05) is 42.4 Å². The molecule has 0 saturated carbocycles. The van der Waals surface area contributed by atoms with Gasteiger partial charge in [0.15, 0.2) is 0 Å². The van der Waals surface area contributed by atoms with E-state index in [1.54, 1.807) is 12.2 Å². The zero-order valence-corrected chi connectivity index (χ0v) is 14.8. The molecule has 27 heavy (non-hydrogen) atoms. The molecular weight excluding hydrogens is 337 g/mol. The van der Waals surface area contributed by atoms with Crippen molar-refractivity contribution in [2.75, 3.05) is 11.8 Å². The zero-order valence-electron chi connectivity index (χ0n) is 14.8. The summed E-state index contributed by atoms with van der Waals surface area (Å²) in [7, 11) is -0.716. The maximum Gasteiger partial charge on any atom is 0.438 e. The van der Waals surface area contributed by atoms with Gasteiger partial charge >= 0.3 is 7.05 Å². The number of ketones is 1. The molecule has 0 aliphatic carbocycles. The van der Waals surface area contributed by atoms with Crippen molar-refractivity contribution in [3.8, 4) is 0 Å². The summed E-state index contributed by atoms with van der Waals surface area (Å²) in [5.41, 5.74) is 9.56. The van der Waals surface area contributed by atoms with Gasteiger partial charge in [0, 0.05) is 36.4 Å². The fourth-order valence-electron chi connectivity index (χ4n) is 3.48. The molecule has 1 aliphatic heterocycles. The summed E-state index contributed by atoms with van der Waals surface area (Å²) in [6, 6.07) is 13.7. The molecule has 3 aromatic rings. The van der Waals surface area contributed by atoms with Crippen molar-refractivity contribution in [1.82, 2.24) is 4.98 Å². The van der Waals surface area contributed by atoms with Crippen molar-refractivity contribution in [1.29, 1.82) is 0 Å². The van der Waals surface area contributed by atoms with Crippen LogP contribution in [0.2, 0.25) is 0 Å². The molecule has 1 aromatic heterocycles. The molecule has 0 radical (unpaired) electrons. The van der Waals surface area contributed by atoms with Crippen LogP contribution in [0.1, 0.15) is 22.6 Å². The number of nitrogens with two attached hydrogens (primary N) is 1. The standard InChI is InChI=1S/C21H20BN3O2/c23-12-19(17-4-3-15-5-7-22(27)25-20(15)11-17)21(26)10-14-1-2-18-13-24-8-6-16(18)9-14/h1-9,11,13,19,25,27H,10,12,23H2. The Hall–Kier alpha value is -2.96. The summed E-state index contributed by atoms with van der Waals surface area (Å²) >= 11 is 0. The SMILES string of the molecule is NCC(C(=O)Cc1ccc2cnccc2c1)c1ccc2c(c1)NB(O)C=C2. The third-order valence-electron chi connectivity index (χ3n) is 4.95. The number of benzene rings is 2. The number of hydrogen-bond donors (Lipinski definition) is 3. The molecule has 0 spiro atoms. The van der Waals surface area contributed by atoms with Crippen LogP contribution in [0.5, 0.6) is 0 Å². The summed E-state index contributed by atoms with van der Waals surface area (Å²) in [4.78, 5) is 17.0. The van der Waals surface area contributed by atoms with Crippen LogP contribution in [-0.2, 0) is 11.2 Å². The minimum absolute atomic E-state index is 0.0813. The van der Waals surface area contributed by atoms with Gasteiger partial charge in [-0.15, -0.1) is 0 Å². The second-order valence-corrected chi connectivity index (χ2v) is 6.78. The van der Waals surface area contributed by atoms with Gasteiger partial charge in [0.2, 0.25) is 0 Å². The van der Waals surface area contributed by atoms with E-state index in [0.29, 0.717) is 6.42 Å². The lowest BCUT2D eigenvalue weighted by atomic mass is 9.78. The predicted octanol–water partition coefficient (Wildman–Crippen LogP) is 2.55. The summed E-state index contributed by atoms with van der Waals surface area (Å²) in [5.74, 6) is 1.38. The monoisotopic (exact) mass is 357 g/mol. The number of aromatic nitrogens is 1. The first-order chi connectivity index (χ1) is 13.1. The van der Waals surface area contributed by atoms with Gasteiger partial charge in [-0.25, -0.2) is 0 Å². The topological polar surface area (TPSA) is 88.2 Å². The minimum atomic E-state index is -0.716. The number of hydrogen-bond acceptors (Lipinski definition) is 5. The van der Waals surface area contributed by atoms with Crippen LogP contribution in [0, 0.1) is 0 Å². The molecule has 0 amide bonds. The molecule has 134 valence electrons. The Balaban J connectivity index is 1.57. The Labute approximate surface area is 158 Å². The Bertz CT molecular complexity index is 1030. The van der Waals surface area contributed by atoms with Crippen molar-refractivity contribution in [3.05, 3.63) is 77.5 Å². The summed E-state index contributed by atoms with van der Waals surface area (Å²) < 4.78 is 0. The number of anilines is 1. The highest BCUT2D eigenvalue weighted by Crippen LogP contribution is 2.28. The van der Waals surface area contributed by atoms with Crippen molar-refractivity contribution >= 4 is 35.4 Å².